The summed E-state index contributed by atoms with van der Waals surface area (Å²) in [6, 6.07) is 1.30. The third-order valence-corrected chi connectivity index (χ3v) is 5.28. The Hall–Kier alpha value is -1.92. The van der Waals surface area contributed by atoms with Gasteiger partial charge in [0.05, 0.1) is 16.3 Å². The molecule has 1 amide bonds. The molecule has 0 atom stereocenters. The number of amides is 1. The Balaban J connectivity index is 2.67. The lowest BCUT2D eigenvalue weighted by Gasteiger charge is -2.21. The Bertz CT molecular complexity index is 962. The Morgan fingerprint density at radius 3 is 2.42 bits per heavy atom. The van der Waals surface area contributed by atoms with Gasteiger partial charge in [-0.3, -0.25) is 4.79 Å². The molecular formula is C12H7Cl2F4N3O4S. The van der Waals surface area contributed by atoms with E-state index in [1.54, 1.807) is 0 Å². The molecule has 1 heterocycles. The number of hydrogen-bond donors (Lipinski definition) is 0. The highest BCUT2D eigenvalue weighted by Gasteiger charge is 2.39. The van der Waals surface area contributed by atoms with Gasteiger partial charge < -0.3 is 4.52 Å². The smallest absolute Gasteiger partial charge is 0.329 e. The van der Waals surface area contributed by atoms with Crippen LogP contribution in [-0.4, -0.2) is 29.7 Å². The van der Waals surface area contributed by atoms with Crippen LogP contribution in [0.25, 0.3) is 11.4 Å². The van der Waals surface area contributed by atoms with Gasteiger partial charge in [0.15, 0.2) is 0 Å². The minimum Gasteiger partial charge on any atom is -0.329 e. The lowest BCUT2D eigenvalue weighted by Crippen LogP contribution is -2.36. The highest BCUT2D eigenvalue weighted by atomic mass is 35.5. The highest BCUT2D eigenvalue weighted by Crippen LogP contribution is 2.36. The van der Waals surface area contributed by atoms with E-state index in [2.05, 4.69) is 14.7 Å². The second kappa shape index (κ2) is 7.00. The van der Waals surface area contributed by atoms with Crippen molar-refractivity contribution >= 4 is 44.8 Å². The number of sulfonamides is 1. The van der Waals surface area contributed by atoms with Crippen LogP contribution in [0, 0.1) is 5.82 Å². The zero-order chi connectivity index (χ0) is 19.9. The quantitative estimate of drug-likeness (QED) is 0.539. The van der Waals surface area contributed by atoms with Crippen molar-refractivity contribution in [1.82, 2.24) is 10.1 Å². The minimum absolute atomic E-state index is 0.191. The number of hydrogen-bond acceptors (Lipinski definition) is 6. The normalized spacial score (nSPS) is 12.3. The van der Waals surface area contributed by atoms with Gasteiger partial charge in [-0.1, -0.05) is 16.8 Å². The van der Waals surface area contributed by atoms with Crippen molar-refractivity contribution in [1.29, 1.82) is 0 Å². The average Bonchev–Trinajstić information content (AvgIpc) is 2.99. The fourth-order valence-corrected chi connectivity index (χ4v) is 3.39. The van der Waals surface area contributed by atoms with E-state index in [1.807, 2.05) is 0 Å². The maximum absolute atomic E-state index is 14.1. The average molecular weight is 436 g/mol. The first-order valence-corrected chi connectivity index (χ1v) is 8.90. The van der Waals surface area contributed by atoms with Crippen LogP contribution in [0.3, 0.4) is 0 Å². The number of benzene rings is 1. The molecule has 0 unspecified atom stereocenters. The van der Waals surface area contributed by atoms with Crippen molar-refractivity contribution in [3.8, 4) is 11.4 Å². The number of aromatic nitrogens is 2. The molecule has 0 spiro atoms. The SMILES string of the molecule is CC(=O)N(c1cc(-c2noc(C(F)(F)F)n2)c(F)cc1Cl)S(=O)(=O)CCl. The number of nitrogens with zero attached hydrogens (tertiary/aromatic N) is 3. The van der Waals surface area contributed by atoms with Gasteiger partial charge in [-0.25, -0.2) is 17.1 Å². The zero-order valence-corrected chi connectivity index (χ0v) is 14.8. The minimum atomic E-state index is -4.97. The van der Waals surface area contributed by atoms with Gasteiger partial charge >= 0.3 is 12.1 Å². The predicted molar refractivity (Wildman–Crippen MR) is 82.5 cm³/mol. The summed E-state index contributed by atoms with van der Waals surface area (Å²) >= 11 is 11.1. The standard InChI is InChI=1S/C12H7Cl2F4N3O4S/c1-5(22)21(26(23,24)4-13)9-2-6(8(15)3-7(9)14)10-19-11(25-20-10)12(16,17)18/h2-3H,4H2,1H3. The first-order chi connectivity index (χ1) is 11.9. The fourth-order valence-electron chi connectivity index (χ4n) is 1.88. The van der Waals surface area contributed by atoms with Crippen molar-refractivity contribution in [3.05, 3.63) is 28.9 Å². The number of halogens is 6. The Morgan fingerprint density at radius 1 is 1.35 bits per heavy atom. The van der Waals surface area contributed by atoms with Crippen LogP contribution in [0.15, 0.2) is 16.7 Å². The van der Waals surface area contributed by atoms with Gasteiger partial charge in [0.25, 0.3) is 10.0 Å². The van der Waals surface area contributed by atoms with Crippen LogP contribution in [0.1, 0.15) is 12.8 Å². The van der Waals surface area contributed by atoms with Crippen LogP contribution >= 0.6 is 23.2 Å². The number of rotatable bonds is 4. The molecule has 14 heteroatoms. The predicted octanol–water partition coefficient (Wildman–Crippen LogP) is 3.43. The summed E-state index contributed by atoms with van der Waals surface area (Å²) in [7, 11) is -4.37. The first kappa shape index (κ1) is 20.4. The van der Waals surface area contributed by atoms with E-state index in [9.17, 15) is 30.8 Å². The third kappa shape index (κ3) is 3.91. The second-order valence-corrected chi connectivity index (χ2v) is 7.52. The Kier molecular flexibility index (Phi) is 5.49. The summed E-state index contributed by atoms with van der Waals surface area (Å²) in [5.41, 5.74) is -1.20. The molecule has 1 aromatic heterocycles. The molecule has 26 heavy (non-hydrogen) atoms. The van der Waals surface area contributed by atoms with Crippen LogP contribution < -0.4 is 4.31 Å². The molecule has 0 fully saturated rings. The maximum Gasteiger partial charge on any atom is 0.471 e. The highest BCUT2D eigenvalue weighted by molar-refractivity contribution is 7.94. The van der Waals surface area contributed by atoms with Gasteiger partial charge in [0.1, 0.15) is 11.0 Å². The molecule has 7 nitrogen and oxygen atoms in total. The zero-order valence-electron chi connectivity index (χ0n) is 12.5. The first-order valence-electron chi connectivity index (χ1n) is 6.38. The van der Waals surface area contributed by atoms with Gasteiger partial charge in [0, 0.05) is 6.92 Å². The number of alkyl halides is 4. The monoisotopic (exact) mass is 435 g/mol. The maximum atomic E-state index is 14.1. The van der Waals surface area contributed by atoms with Crippen molar-refractivity contribution in [2.75, 3.05) is 9.52 Å². The van der Waals surface area contributed by atoms with E-state index >= 15 is 0 Å². The van der Waals surface area contributed by atoms with E-state index in [0.717, 1.165) is 6.92 Å². The van der Waals surface area contributed by atoms with E-state index in [0.29, 0.717) is 12.1 Å². The van der Waals surface area contributed by atoms with Crippen molar-refractivity contribution in [2.45, 2.75) is 13.1 Å². The summed E-state index contributed by atoms with van der Waals surface area (Å²) in [6.07, 6.45) is -4.97. The van der Waals surface area contributed by atoms with Crippen LogP contribution in [0.4, 0.5) is 23.2 Å². The molecule has 0 bridgehead atoms. The summed E-state index contributed by atoms with van der Waals surface area (Å²) in [6.45, 7) is 0.875. The molecule has 142 valence electrons. The molecule has 2 aromatic rings. The second-order valence-electron chi connectivity index (χ2n) is 4.71. The molecule has 0 radical (unpaired) electrons. The van der Waals surface area contributed by atoms with Gasteiger partial charge in [-0.05, 0) is 12.1 Å². The topological polar surface area (TPSA) is 93.4 Å². The lowest BCUT2D eigenvalue weighted by molar-refractivity contribution is -0.159. The summed E-state index contributed by atoms with van der Waals surface area (Å²) in [4.78, 5) is 14.7. The molecule has 0 N–H and O–H groups in total. The summed E-state index contributed by atoms with van der Waals surface area (Å²) in [5.74, 6) is -4.76. The van der Waals surface area contributed by atoms with Gasteiger partial charge in [-0.15, -0.1) is 11.6 Å². The van der Waals surface area contributed by atoms with E-state index in [1.165, 1.54) is 0 Å². The molecule has 0 saturated heterocycles. The van der Waals surface area contributed by atoms with Crippen molar-refractivity contribution < 1.29 is 35.3 Å². The molecule has 0 saturated carbocycles. The van der Waals surface area contributed by atoms with E-state index in [4.69, 9.17) is 23.2 Å². The number of carbonyl (C=O) groups excluding carboxylic acids is 1. The Morgan fingerprint density at radius 2 is 1.96 bits per heavy atom. The van der Waals surface area contributed by atoms with Gasteiger partial charge in [-0.2, -0.15) is 18.2 Å². The molecule has 0 aliphatic heterocycles. The molecule has 1 aromatic carbocycles. The van der Waals surface area contributed by atoms with Gasteiger partial charge in [0.2, 0.25) is 11.7 Å². The molecular weight excluding hydrogens is 429 g/mol. The Labute approximate surface area is 153 Å². The van der Waals surface area contributed by atoms with Crippen molar-refractivity contribution in [2.24, 2.45) is 0 Å². The molecule has 0 aliphatic carbocycles. The summed E-state index contributed by atoms with van der Waals surface area (Å²) in [5, 5.41) is 1.49. The van der Waals surface area contributed by atoms with E-state index < -0.39 is 61.1 Å². The van der Waals surface area contributed by atoms with Crippen LogP contribution in [0.2, 0.25) is 5.02 Å². The largest absolute Gasteiger partial charge is 0.471 e. The van der Waals surface area contributed by atoms with Crippen molar-refractivity contribution in [3.63, 3.8) is 0 Å². The van der Waals surface area contributed by atoms with Crippen LogP contribution in [-0.2, 0) is 21.0 Å². The summed E-state index contributed by atoms with van der Waals surface area (Å²) < 4.78 is 79.9. The van der Waals surface area contributed by atoms with Crippen LogP contribution in [0.5, 0.6) is 0 Å². The molecule has 2 rings (SSSR count). The van der Waals surface area contributed by atoms with E-state index in [-0.39, 0.29) is 4.31 Å². The number of carbonyl (C=O) groups is 1. The lowest BCUT2D eigenvalue weighted by atomic mass is 10.1. The number of anilines is 1. The molecule has 0 aliphatic rings. The third-order valence-electron chi connectivity index (χ3n) is 2.87. The fraction of sp³-hybridized carbons (Fsp3) is 0.250.